The number of rotatable bonds is 0. The Hall–Kier alpha value is -2.12. The van der Waals surface area contributed by atoms with E-state index in [4.69, 9.17) is 0 Å². The van der Waals surface area contributed by atoms with Gasteiger partial charge in [-0.3, -0.25) is 12.2 Å². The first-order chi connectivity index (χ1) is 14.2. The molecule has 0 amide bonds. The maximum atomic E-state index is 9.28. The third kappa shape index (κ3) is 11.7. The summed E-state index contributed by atoms with van der Waals surface area (Å²) in [7, 11) is 0. The average molecular weight is 494 g/mol. The zero-order valence-electron chi connectivity index (χ0n) is 19.6. The third-order valence-electron chi connectivity index (χ3n) is 4.74. The summed E-state index contributed by atoms with van der Waals surface area (Å²) in [5.74, 6) is 0.801. The van der Waals surface area contributed by atoms with E-state index in [2.05, 4.69) is 36.4 Å². The van der Waals surface area contributed by atoms with Crippen LogP contribution in [0, 0.1) is 53.7 Å². The van der Waals surface area contributed by atoms with E-state index in [1.807, 2.05) is 65.8 Å². The monoisotopic (exact) mass is 492 g/mol. The van der Waals surface area contributed by atoms with E-state index in [1.165, 1.54) is 0 Å². The van der Waals surface area contributed by atoms with Crippen LogP contribution in [0.4, 0.5) is 0 Å². The molecular weight excluding hydrogens is 460 g/mol. The molecule has 0 aliphatic heterocycles. The number of hydrogen-bond acceptors (Lipinski definition) is 2. The van der Waals surface area contributed by atoms with Crippen molar-refractivity contribution in [3.05, 3.63) is 106 Å². The molecule has 4 rings (SSSR count). The van der Waals surface area contributed by atoms with Crippen LogP contribution in [0.5, 0.6) is 11.5 Å². The number of benzene rings is 2. The van der Waals surface area contributed by atoms with E-state index < -0.39 is 0 Å². The average Bonchev–Trinajstić information content (AvgIpc) is 3.43. The Balaban J connectivity index is 0.000000401. The summed E-state index contributed by atoms with van der Waals surface area (Å²) in [5, 5.41) is 18.6. The first-order valence-electron chi connectivity index (χ1n) is 10.2. The van der Waals surface area contributed by atoms with Crippen molar-refractivity contribution in [2.24, 2.45) is 0 Å². The van der Waals surface area contributed by atoms with Gasteiger partial charge in [-0.15, -0.1) is 12.8 Å². The SMILES string of the molecule is Cc1cc(C)c(C)c(O)c1.Cc1cc(C)c(C)c(O)c1.[C-]1=CC=CC1.[C-]1=CC=CC1.[Zr+2]. The van der Waals surface area contributed by atoms with Gasteiger partial charge in [0.1, 0.15) is 11.5 Å². The zero-order chi connectivity index (χ0) is 22.5. The Morgan fingerprint density at radius 2 is 0.968 bits per heavy atom. The van der Waals surface area contributed by atoms with Crippen LogP contribution in [0.1, 0.15) is 46.2 Å². The summed E-state index contributed by atoms with van der Waals surface area (Å²) in [6.45, 7) is 11.8. The van der Waals surface area contributed by atoms with E-state index in [0.29, 0.717) is 11.5 Å². The van der Waals surface area contributed by atoms with Gasteiger partial charge in [0.25, 0.3) is 0 Å². The smallest absolute Gasteiger partial charge is 0.508 e. The van der Waals surface area contributed by atoms with Crippen molar-refractivity contribution in [2.45, 2.75) is 54.4 Å². The molecule has 0 bridgehead atoms. The molecule has 0 atom stereocenters. The minimum Gasteiger partial charge on any atom is -0.508 e. The first-order valence-corrected chi connectivity index (χ1v) is 10.2. The standard InChI is InChI=1S/2C9H12O.2C5H5.Zr/c2*1-6-4-7(2)8(3)9(10)5-6;2*1-2-4-5-3-1;/h2*4-5,10H,1-3H3;2*1-3H,4H2;/q;;2*-1;+2. The Labute approximate surface area is 207 Å². The second-order valence-corrected chi connectivity index (χ2v) is 7.46. The van der Waals surface area contributed by atoms with Crippen LogP contribution in [0.2, 0.25) is 0 Å². The molecule has 162 valence electrons. The molecule has 0 saturated heterocycles. The quantitative estimate of drug-likeness (QED) is 0.380. The summed E-state index contributed by atoms with van der Waals surface area (Å²) < 4.78 is 0. The number of aryl methyl sites for hydroxylation is 4. The summed E-state index contributed by atoms with van der Waals surface area (Å²) in [4.78, 5) is 0. The van der Waals surface area contributed by atoms with Crippen LogP contribution in [0.15, 0.2) is 60.7 Å². The molecule has 0 spiro atoms. The van der Waals surface area contributed by atoms with Crippen molar-refractivity contribution in [3.8, 4) is 11.5 Å². The maximum absolute atomic E-state index is 9.28. The van der Waals surface area contributed by atoms with Gasteiger partial charge in [-0.25, -0.2) is 24.3 Å². The van der Waals surface area contributed by atoms with E-state index in [-0.39, 0.29) is 26.2 Å². The maximum Gasteiger partial charge on any atom is 2.00 e. The van der Waals surface area contributed by atoms with Crippen LogP contribution in [0.25, 0.3) is 0 Å². The van der Waals surface area contributed by atoms with Crippen molar-refractivity contribution >= 4 is 0 Å². The van der Waals surface area contributed by atoms with Crippen molar-refractivity contribution < 1.29 is 36.4 Å². The molecule has 0 radical (unpaired) electrons. The predicted molar refractivity (Wildman–Crippen MR) is 128 cm³/mol. The number of hydrogen-bond donors (Lipinski definition) is 2. The summed E-state index contributed by atoms with van der Waals surface area (Å²) in [6, 6.07) is 7.69. The molecule has 2 aromatic rings. The Bertz CT molecular complexity index is 791. The van der Waals surface area contributed by atoms with Gasteiger partial charge in [0.05, 0.1) is 0 Å². The van der Waals surface area contributed by atoms with Crippen LogP contribution >= 0.6 is 0 Å². The van der Waals surface area contributed by atoms with Crippen LogP contribution in [-0.2, 0) is 26.2 Å². The second-order valence-electron chi connectivity index (χ2n) is 7.46. The molecule has 0 unspecified atom stereocenters. The second kappa shape index (κ2) is 15.7. The minimum absolute atomic E-state index is 0. The van der Waals surface area contributed by atoms with Gasteiger partial charge >= 0.3 is 26.2 Å². The fourth-order valence-electron chi connectivity index (χ4n) is 2.72. The molecule has 2 aromatic carbocycles. The van der Waals surface area contributed by atoms with E-state index in [0.717, 1.165) is 46.2 Å². The topological polar surface area (TPSA) is 40.5 Å². The van der Waals surface area contributed by atoms with E-state index in [1.54, 1.807) is 12.1 Å². The molecule has 2 N–H and O–H groups in total. The molecule has 31 heavy (non-hydrogen) atoms. The molecule has 2 aliphatic carbocycles. The van der Waals surface area contributed by atoms with Gasteiger partial charge in [0, 0.05) is 0 Å². The number of phenols is 2. The molecule has 0 saturated carbocycles. The fraction of sp³-hybridized carbons (Fsp3) is 0.286. The largest absolute Gasteiger partial charge is 2.00 e. The van der Waals surface area contributed by atoms with Crippen molar-refractivity contribution in [1.82, 2.24) is 0 Å². The predicted octanol–water partition coefficient (Wildman–Crippen LogP) is 7.24. The molecular formula is C28H34O2Zr. The van der Waals surface area contributed by atoms with Crippen LogP contribution in [0.3, 0.4) is 0 Å². The van der Waals surface area contributed by atoms with E-state index >= 15 is 0 Å². The first kappa shape index (κ1) is 28.9. The fourth-order valence-corrected chi connectivity index (χ4v) is 2.72. The Morgan fingerprint density at radius 3 is 1.16 bits per heavy atom. The third-order valence-corrected chi connectivity index (χ3v) is 4.74. The summed E-state index contributed by atoms with van der Waals surface area (Å²) in [6.07, 6.45) is 20.0. The molecule has 2 aliphatic rings. The molecule has 0 aromatic heterocycles. The van der Waals surface area contributed by atoms with Gasteiger partial charge in [-0.05, 0) is 87.1 Å². The Morgan fingerprint density at radius 1 is 0.613 bits per heavy atom. The molecule has 0 heterocycles. The number of aromatic hydroxyl groups is 2. The number of phenolic OH excluding ortho intramolecular Hbond substituents is 2. The normalized spacial score (nSPS) is 12.1. The van der Waals surface area contributed by atoms with Crippen LogP contribution in [-0.4, -0.2) is 10.2 Å². The van der Waals surface area contributed by atoms with Crippen LogP contribution < -0.4 is 0 Å². The van der Waals surface area contributed by atoms with Crippen molar-refractivity contribution in [3.63, 3.8) is 0 Å². The minimum atomic E-state index is 0. The molecule has 0 fully saturated rings. The Kier molecular flexibility index (Phi) is 14.6. The van der Waals surface area contributed by atoms with Gasteiger partial charge < -0.3 is 10.2 Å². The number of allylic oxidation sites excluding steroid dienone is 8. The van der Waals surface area contributed by atoms with Crippen molar-refractivity contribution in [2.75, 3.05) is 0 Å². The zero-order valence-corrected chi connectivity index (χ0v) is 22.0. The van der Waals surface area contributed by atoms with Gasteiger partial charge in [0.2, 0.25) is 0 Å². The van der Waals surface area contributed by atoms with Gasteiger partial charge in [-0.1, -0.05) is 12.1 Å². The summed E-state index contributed by atoms with van der Waals surface area (Å²) >= 11 is 0. The van der Waals surface area contributed by atoms with Crippen molar-refractivity contribution in [1.29, 1.82) is 0 Å². The summed E-state index contributed by atoms with van der Waals surface area (Å²) in [5.41, 5.74) is 6.48. The van der Waals surface area contributed by atoms with Gasteiger partial charge in [-0.2, -0.15) is 12.2 Å². The molecule has 3 heteroatoms. The molecule has 2 nitrogen and oxygen atoms in total. The van der Waals surface area contributed by atoms with Gasteiger partial charge in [0.15, 0.2) is 0 Å². The van der Waals surface area contributed by atoms with E-state index in [9.17, 15) is 10.2 Å².